The quantitative estimate of drug-likeness (QED) is 0.816. The number of nitrogens with one attached hydrogen (secondary N) is 1. The molecule has 0 aromatic heterocycles. The molecule has 1 amide bonds. The van der Waals surface area contributed by atoms with Gasteiger partial charge in [-0.05, 0) is 49.2 Å². The van der Waals surface area contributed by atoms with Gasteiger partial charge in [0.05, 0.1) is 7.11 Å². The highest BCUT2D eigenvalue weighted by atomic mass is 16.5. The van der Waals surface area contributed by atoms with Gasteiger partial charge in [0.15, 0.2) is 11.5 Å². The van der Waals surface area contributed by atoms with E-state index in [0.29, 0.717) is 23.7 Å². The molecule has 0 fully saturated rings. The monoisotopic (exact) mass is 311 g/mol. The Kier molecular flexibility index (Phi) is 5.41. The molecule has 0 spiro atoms. The molecule has 0 radical (unpaired) electrons. The largest absolute Gasteiger partial charge is 0.493 e. The summed E-state index contributed by atoms with van der Waals surface area (Å²) in [6.45, 7) is 7.99. The van der Waals surface area contributed by atoms with E-state index in [1.807, 2.05) is 32.0 Å². The highest BCUT2D eigenvalue weighted by molar-refractivity contribution is 6.05. The molecule has 0 aliphatic heterocycles. The molecule has 4 nitrogen and oxygen atoms in total. The Hall–Kier alpha value is -2.75. The maximum Gasteiger partial charge on any atom is 0.255 e. The number of hydrogen-bond donors (Lipinski definition) is 1. The topological polar surface area (TPSA) is 47.6 Å². The summed E-state index contributed by atoms with van der Waals surface area (Å²) in [6.07, 6.45) is 1.65. The molecule has 0 aliphatic rings. The van der Waals surface area contributed by atoms with E-state index >= 15 is 0 Å². The fraction of sp³-hybridized carbons (Fsp3) is 0.211. The van der Waals surface area contributed by atoms with Crippen LogP contribution in [0.5, 0.6) is 11.5 Å². The highest BCUT2D eigenvalue weighted by Gasteiger charge is 2.12. The number of anilines is 1. The van der Waals surface area contributed by atoms with Crippen LogP contribution in [0.2, 0.25) is 0 Å². The van der Waals surface area contributed by atoms with E-state index in [-0.39, 0.29) is 5.91 Å². The molecule has 2 aromatic rings. The fourth-order valence-electron chi connectivity index (χ4n) is 2.16. The van der Waals surface area contributed by atoms with Crippen LogP contribution in [0.3, 0.4) is 0 Å². The van der Waals surface area contributed by atoms with Crippen molar-refractivity contribution in [3.05, 3.63) is 65.7 Å². The third-order valence-electron chi connectivity index (χ3n) is 3.64. The normalized spacial score (nSPS) is 10.0. The molecule has 0 unspecified atom stereocenters. The summed E-state index contributed by atoms with van der Waals surface area (Å²) < 4.78 is 10.8. The number of hydrogen-bond acceptors (Lipinski definition) is 3. The van der Waals surface area contributed by atoms with Crippen molar-refractivity contribution >= 4 is 11.6 Å². The second-order valence-corrected chi connectivity index (χ2v) is 5.17. The van der Waals surface area contributed by atoms with Crippen molar-refractivity contribution in [1.82, 2.24) is 0 Å². The number of ether oxygens (including phenoxy) is 2. The van der Waals surface area contributed by atoms with Gasteiger partial charge in [-0.25, -0.2) is 0 Å². The van der Waals surface area contributed by atoms with Crippen LogP contribution in [-0.4, -0.2) is 19.6 Å². The number of amides is 1. The van der Waals surface area contributed by atoms with Gasteiger partial charge in [0.2, 0.25) is 0 Å². The SMILES string of the molecule is C=CCOc1ccc(C(=O)Nc2cccc(C)c2C)cc1OC. The molecule has 2 rings (SSSR count). The summed E-state index contributed by atoms with van der Waals surface area (Å²) in [4.78, 5) is 12.4. The molecule has 4 heteroatoms. The molecule has 120 valence electrons. The predicted molar refractivity (Wildman–Crippen MR) is 92.6 cm³/mol. The Labute approximate surface area is 136 Å². The first-order valence-corrected chi connectivity index (χ1v) is 7.36. The van der Waals surface area contributed by atoms with Crippen LogP contribution < -0.4 is 14.8 Å². The molecule has 0 aliphatic carbocycles. The first-order chi connectivity index (χ1) is 11.1. The predicted octanol–water partition coefficient (Wildman–Crippen LogP) is 4.13. The Balaban J connectivity index is 2.22. The van der Waals surface area contributed by atoms with Crippen LogP contribution in [0, 0.1) is 13.8 Å². The maximum atomic E-state index is 12.4. The van der Waals surface area contributed by atoms with Crippen LogP contribution >= 0.6 is 0 Å². The van der Waals surface area contributed by atoms with Crippen molar-refractivity contribution in [2.24, 2.45) is 0 Å². The van der Waals surface area contributed by atoms with Gasteiger partial charge in [-0.1, -0.05) is 24.8 Å². The zero-order valence-corrected chi connectivity index (χ0v) is 13.7. The standard InChI is InChI=1S/C19H21NO3/c1-5-11-23-17-10-9-15(12-18(17)22-4)19(21)20-16-8-6-7-13(2)14(16)3/h5-10,12H,1,11H2,2-4H3,(H,20,21). The van der Waals surface area contributed by atoms with Crippen LogP contribution in [0.15, 0.2) is 49.1 Å². The van der Waals surface area contributed by atoms with Crippen LogP contribution in [0.1, 0.15) is 21.5 Å². The van der Waals surface area contributed by atoms with Gasteiger partial charge >= 0.3 is 0 Å². The zero-order chi connectivity index (χ0) is 16.8. The van der Waals surface area contributed by atoms with Crippen molar-refractivity contribution in [3.8, 4) is 11.5 Å². The summed E-state index contributed by atoms with van der Waals surface area (Å²) in [6, 6.07) is 10.9. The lowest BCUT2D eigenvalue weighted by molar-refractivity contribution is 0.102. The molecule has 2 aromatic carbocycles. The van der Waals surface area contributed by atoms with E-state index in [9.17, 15) is 4.79 Å². The second kappa shape index (κ2) is 7.49. The number of carbonyl (C=O) groups excluding carboxylic acids is 1. The number of aryl methyl sites for hydroxylation is 1. The third kappa shape index (κ3) is 3.92. The van der Waals surface area contributed by atoms with E-state index < -0.39 is 0 Å². The summed E-state index contributed by atoms with van der Waals surface area (Å²) in [7, 11) is 1.54. The van der Waals surface area contributed by atoms with E-state index in [4.69, 9.17) is 9.47 Å². The van der Waals surface area contributed by atoms with E-state index in [0.717, 1.165) is 16.8 Å². The minimum absolute atomic E-state index is 0.188. The molecule has 1 N–H and O–H groups in total. The van der Waals surface area contributed by atoms with Gasteiger partial charge in [-0.2, -0.15) is 0 Å². The van der Waals surface area contributed by atoms with Gasteiger partial charge in [0.1, 0.15) is 6.61 Å². The summed E-state index contributed by atoms with van der Waals surface area (Å²) >= 11 is 0. The number of benzene rings is 2. The average Bonchev–Trinajstić information content (AvgIpc) is 2.56. The minimum Gasteiger partial charge on any atom is -0.493 e. The van der Waals surface area contributed by atoms with Crippen LogP contribution in [0.25, 0.3) is 0 Å². The van der Waals surface area contributed by atoms with Gasteiger partial charge in [0.25, 0.3) is 5.91 Å². The average molecular weight is 311 g/mol. The van der Waals surface area contributed by atoms with E-state index in [1.165, 1.54) is 0 Å². The maximum absolute atomic E-state index is 12.4. The van der Waals surface area contributed by atoms with E-state index in [2.05, 4.69) is 11.9 Å². The Morgan fingerprint density at radius 1 is 1.22 bits per heavy atom. The third-order valence-corrected chi connectivity index (χ3v) is 3.64. The van der Waals surface area contributed by atoms with Gasteiger partial charge < -0.3 is 14.8 Å². The number of methoxy groups -OCH3 is 1. The van der Waals surface area contributed by atoms with Gasteiger partial charge in [-0.3, -0.25) is 4.79 Å². The van der Waals surface area contributed by atoms with Crippen molar-refractivity contribution in [1.29, 1.82) is 0 Å². The zero-order valence-electron chi connectivity index (χ0n) is 13.7. The first kappa shape index (κ1) is 16.6. The lowest BCUT2D eigenvalue weighted by Crippen LogP contribution is -2.13. The van der Waals surface area contributed by atoms with Crippen LogP contribution in [-0.2, 0) is 0 Å². The minimum atomic E-state index is -0.188. The van der Waals surface area contributed by atoms with Crippen molar-refractivity contribution in [2.45, 2.75) is 13.8 Å². The smallest absolute Gasteiger partial charge is 0.255 e. The molecule has 0 atom stereocenters. The molecular formula is C19H21NO3. The lowest BCUT2D eigenvalue weighted by Gasteiger charge is -2.13. The molecule has 23 heavy (non-hydrogen) atoms. The highest BCUT2D eigenvalue weighted by Crippen LogP contribution is 2.28. The molecule has 0 saturated carbocycles. The summed E-state index contributed by atoms with van der Waals surface area (Å²) in [5, 5.41) is 2.93. The van der Waals surface area contributed by atoms with Gasteiger partial charge in [0, 0.05) is 11.3 Å². The number of carbonyl (C=O) groups is 1. The summed E-state index contributed by atoms with van der Waals surface area (Å²) in [5.74, 6) is 0.906. The Morgan fingerprint density at radius 3 is 2.70 bits per heavy atom. The number of rotatable bonds is 6. The Bertz CT molecular complexity index is 723. The first-order valence-electron chi connectivity index (χ1n) is 7.36. The molecule has 0 heterocycles. The molecule has 0 saturated heterocycles. The summed E-state index contributed by atoms with van der Waals surface area (Å²) in [5.41, 5.74) is 3.50. The molecule has 0 bridgehead atoms. The fourth-order valence-corrected chi connectivity index (χ4v) is 2.16. The van der Waals surface area contributed by atoms with Crippen molar-refractivity contribution in [2.75, 3.05) is 19.0 Å². The Morgan fingerprint density at radius 2 is 2.00 bits per heavy atom. The van der Waals surface area contributed by atoms with Crippen LogP contribution in [0.4, 0.5) is 5.69 Å². The second-order valence-electron chi connectivity index (χ2n) is 5.17. The molecular weight excluding hydrogens is 290 g/mol. The lowest BCUT2D eigenvalue weighted by atomic mass is 10.1. The van der Waals surface area contributed by atoms with Crippen molar-refractivity contribution < 1.29 is 14.3 Å². The van der Waals surface area contributed by atoms with Crippen molar-refractivity contribution in [3.63, 3.8) is 0 Å². The van der Waals surface area contributed by atoms with Gasteiger partial charge in [-0.15, -0.1) is 0 Å². The van der Waals surface area contributed by atoms with E-state index in [1.54, 1.807) is 31.4 Å².